The van der Waals surface area contributed by atoms with Crippen LogP contribution in [0.3, 0.4) is 0 Å². The summed E-state index contributed by atoms with van der Waals surface area (Å²) in [6.07, 6.45) is 2.72. The number of rotatable bonds is 10. The summed E-state index contributed by atoms with van der Waals surface area (Å²) in [5, 5.41) is 1.08. The number of para-hydroxylation sites is 1. The summed E-state index contributed by atoms with van der Waals surface area (Å²) < 4.78 is 63.7. The van der Waals surface area contributed by atoms with E-state index in [0.29, 0.717) is 31.5 Å². The molecule has 1 aromatic heterocycles. The third-order valence-electron chi connectivity index (χ3n) is 7.73. The van der Waals surface area contributed by atoms with E-state index in [4.69, 9.17) is 4.74 Å². The minimum Gasteiger partial charge on any atom is -0.482 e. The number of unbranched alkanes of at least 4 members (excludes halogenated alkanes) is 2. The predicted molar refractivity (Wildman–Crippen MR) is 142 cm³/mol. The zero-order valence-corrected chi connectivity index (χ0v) is 22.4. The Balaban J connectivity index is 1.41. The fourth-order valence-electron chi connectivity index (χ4n) is 5.95. The van der Waals surface area contributed by atoms with Gasteiger partial charge in [-0.25, -0.2) is 13.2 Å². The number of hydrogen-bond donors (Lipinski definition) is 1. The summed E-state index contributed by atoms with van der Waals surface area (Å²) >= 11 is 0. The highest BCUT2D eigenvalue weighted by molar-refractivity contribution is 5.85. The van der Waals surface area contributed by atoms with Crippen LogP contribution in [0.15, 0.2) is 36.4 Å². The maximum absolute atomic E-state index is 15.4. The highest BCUT2D eigenvalue weighted by Gasteiger charge is 2.39. The van der Waals surface area contributed by atoms with E-state index in [-0.39, 0.29) is 31.1 Å². The summed E-state index contributed by atoms with van der Waals surface area (Å²) in [6, 6.07) is 10.1. The SMILES string of the molecule is C[C@@H]1Cc2c([nH]c3ccccc23)[C@@H](c2cc(F)c(OC3CN(CCCCCF)C3)c(F)c2)N1CC(C)(C)F. The summed E-state index contributed by atoms with van der Waals surface area (Å²) in [4.78, 5) is 7.61. The Labute approximate surface area is 222 Å². The van der Waals surface area contributed by atoms with Crippen LogP contribution < -0.4 is 4.74 Å². The molecule has 0 unspecified atom stereocenters. The average Bonchev–Trinajstić information content (AvgIpc) is 3.18. The molecule has 1 fully saturated rings. The first-order valence-electron chi connectivity index (χ1n) is 13.6. The van der Waals surface area contributed by atoms with E-state index in [1.165, 1.54) is 26.0 Å². The number of nitrogens with one attached hydrogen (secondary N) is 1. The summed E-state index contributed by atoms with van der Waals surface area (Å²) in [7, 11) is 0. The number of aromatic amines is 1. The number of ether oxygens (including phenoxy) is 1. The van der Waals surface area contributed by atoms with Crippen molar-refractivity contribution < 1.29 is 22.3 Å². The van der Waals surface area contributed by atoms with Crippen LogP contribution in [0.2, 0.25) is 0 Å². The van der Waals surface area contributed by atoms with Crippen molar-refractivity contribution in [2.24, 2.45) is 0 Å². The van der Waals surface area contributed by atoms with Gasteiger partial charge in [-0.3, -0.25) is 14.2 Å². The van der Waals surface area contributed by atoms with E-state index >= 15 is 8.78 Å². The maximum Gasteiger partial charge on any atom is 0.191 e. The lowest BCUT2D eigenvalue weighted by Gasteiger charge is -2.43. The van der Waals surface area contributed by atoms with Gasteiger partial charge in [-0.1, -0.05) is 18.2 Å². The van der Waals surface area contributed by atoms with Crippen LogP contribution in [0.25, 0.3) is 10.9 Å². The maximum atomic E-state index is 15.4. The molecular formula is C30H37F4N3O. The lowest BCUT2D eigenvalue weighted by Crippen LogP contribution is -2.54. The number of halogens is 4. The van der Waals surface area contributed by atoms with Crippen LogP contribution in [-0.2, 0) is 6.42 Å². The Bertz CT molecular complexity index is 1240. The Morgan fingerprint density at radius 2 is 1.76 bits per heavy atom. The quantitative estimate of drug-likeness (QED) is 0.232. The molecule has 0 aliphatic carbocycles. The van der Waals surface area contributed by atoms with E-state index in [2.05, 4.69) is 9.88 Å². The zero-order chi connectivity index (χ0) is 27.0. The minimum atomic E-state index is -1.49. The van der Waals surface area contributed by atoms with Gasteiger partial charge in [-0.15, -0.1) is 0 Å². The number of hydrogen-bond acceptors (Lipinski definition) is 3. The molecule has 1 saturated heterocycles. The van der Waals surface area contributed by atoms with Gasteiger partial charge >= 0.3 is 0 Å². The van der Waals surface area contributed by atoms with Gasteiger partial charge in [0.05, 0.1) is 12.7 Å². The van der Waals surface area contributed by atoms with Crippen LogP contribution in [0, 0.1) is 11.6 Å². The summed E-state index contributed by atoms with van der Waals surface area (Å²) in [6.45, 7) is 6.92. The number of fused-ring (bicyclic) bond motifs is 3. The van der Waals surface area contributed by atoms with Crippen molar-refractivity contribution >= 4 is 10.9 Å². The highest BCUT2D eigenvalue weighted by Crippen LogP contribution is 2.43. The molecule has 2 aliphatic rings. The van der Waals surface area contributed by atoms with Gasteiger partial charge in [0.25, 0.3) is 0 Å². The van der Waals surface area contributed by atoms with Crippen molar-refractivity contribution in [3.05, 3.63) is 64.9 Å². The van der Waals surface area contributed by atoms with Crippen LogP contribution in [-0.4, -0.2) is 65.5 Å². The Morgan fingerprint density at radius 3 is 2.45 bits per heavy atom. The molecule has 2 atom stereocenters. The fourth-order valence-corrected chi connectivity index (χ4v) is 5.95. The van der Waals surface area contributed by atoms with Gasteiger partial charge in [0.2, 0.25) is 0 Å². The first-order chi connectivity index (χ1) is 18.1. The fraction of sp³-hybridized carbons (Fsp3) is 0.533. The molecule has 206 valence electrons. The second-order valence-corrected chi connectivity index (χ2v) is 11.5. The Kier molecular flexibility index (Phi) is 7.74. The van der Waals surface area contributed by atoms with E-state index in [1.54, 1.807) is 0 Å². The zero-order valence-electron chi connectivity index (χ0n) is 22.4. The molecule has 5 rings (SSSR count). The van der Waals surface area contributed by atoms with Crippen LogP contribution in [0.4, 0.5) is 17.6 Å². The third-order valence-corrected chi connectivity index (χ3v) is 7.73. The number of H-pyrrole nitrogens is 1. The molecule has 0 saturated carbocycles. The summed E-state index contributed by atoms with van der Waals surface area (Å²) in [5.41, 5.74) is 1.85. The standard InChI is InChI=1S/C30H37F4N3O/c1-19-13-23-22-9-5-6-10-26(22)35-27(23)28(37(19)18-30(2,3)34)20-14-24(32)29(25(33)15-20)38-21-16-36(17-21)12-8-4-7-11-31/h5-6,9-10,14-15,19,21,28,35H,4,7-8,11-13,16-18H2,1-3H3/t19-,28-/m1/s1. The Morgan fingerprint density at radius 1 is 1.05 bits per heavy atom. The van der Waals surface area contributed by atoms with Gasteiger partial charge < -0.3 is 9.72 Å². The normalized spacial score (nSPS) is 21.0. The predicted octanol–water partition coefficient (Wildman–Crippen LogP) is 6.73. The van der Waals surface area contributed by atoms with Crippen LogP contribution >= 0.6 is 0 Å². The molecule has 2 aromatic carbocycles. The van der Waals surface area contributed by atoms with Crippen molar-refractivity contribution in [2.75, 3.05) is 32.9 Å². The number of aromatic nitrogens is 1. The molecule has 0 bridgehead atoms. The smallest absolute Gasteiger partial charge is 0.191 e. The molecular weight excluding hydrogens is 494 g/mol. The van der Waals surface area contributed by atoms with Crippen molar-refractivity contribution in [3.63, 3.8) is 0 Å². The number of benzene rings is 2. The van der Waals surface area contributed by atoms with Crippen LogP contribution in [0.5, 0.6) is 5.75 Å². The molecule has 0 spiro atoms. The number of likely N-dealkylation sites (tertiary alicyclic amines) is 1. The Hall–Kier alpha value is -2.58. The van der Waals surface area contributed by atoms with E-state index in [9.17, 15) is 8.78 Å². The minimum absolute atomic E-state index is 0.0327. The van der Waals surface area contributed by atoms with E-state index in [1.807, 2.05) is 36.1 Å². The second kappa shape index (κ2) is 10.9. The van der Waals surface area contributed by atoms with E-state index in [0.717, 1.165) is 41.5 Å². The second-order valence-electron chi connectivity index (χ2n) is 11.5. The molecule has 1 N–H and O–H groups in total. The van der Waals surface area contributed by atoms with Crippen molar-refractivity contribution in [2.45, 2.75) is 70.3 Å². The highest BCUT2D eigenvalue weighted by atomic mass is 19.1. The molecule has 4 nitrogen and oxygen atoms in total. The van der Waals surface area contributed by atoms with Gasteiger partial charge in [-0.2, -0.15) is 0 Å². The monoisotopic (exact) mass is 531 g/mol. The topological polar surface area (TPSA) is 31.5 Å². The van der Waals surface area contributed by atoms with E-state index < -0.39 is 23.3 Å². The number of nitrogens with zero attached hydrogens (tertiary/aromatic N) is 2. The third kappa shape index (κ3) is 5.57. The largest absolute Gasteiger partial charge is 0.482 e. The van der Waals surface area contributed by atoms with Gasteiger partial charge in [0.1, 0.15) is 11.8 Å². The first-order valence-corrected chi connectivity index (χ1v) is 13.6. The lowest BCUT2D eigenvalue weighted by atomic mass is 9.87. The molecule has 3 aromatic rings. The summed E-state index contributed by atoms with van der Waals surface area (Å²) in [5.74, 6) is -1.87. The molecule has 38 heavy (non-hydrogen) atoms. The van der Waals surface area contributed by atoms with Crippen molar-refractivity contribution in [3.8, 4) is 5.75 Å². The average molecular weight is 532 g/mol. The van der Waals surface area contributed by atoms with Gasteiger partial charge in [-0.05, 0) is 82.3 Å². The molecule has 2 aliphatic heterocycles. The number of alkyl halides is 2. The lowest BCUT2D eigenvalue weighted by molar-refractivity contribution is 0.0141. The first kappa shape index (κ1) is 27.0. The van der Waals surface area contributed by atoms with Crippen molar-refractivity contribution in [1.29, 1.82) is 0 Å². The molecule has 8 heteroatoms. The van der Waals surface area contributed by atoms with Crippen molar-refractivity contribution in [1.82, 2.24) is 14.8 Å². The molecule has 0 amide bonds. The van der Waals surface area contributed by atoms with Gasteiger partial charge in [0, 0.05) is 42.3 Å². The van der Waals surface area contributed by atoms with Crippen LogP contribution in [0.1, 0.15) is 62.9 Å². The molecule has 3 heterocycles. The van der Waals surface area contributed by atoms with Gasteiger partial charge in [0.15, 0.2) is 17.4 Å². The molecule has 0 radical (unpaired) electrons.